The Balaban J connectivity index is 1.77. The predicted octanol–water partition coefficient (Wildman–Crippen LogP) is 4.18. The summed E-state index contributed by atoms with van der Waals surface area (Å²) < 4.78 is 5.89. The number of rotatable bonds is 2. The van der Waals surface area contributed by atoms with E-state index in [0.29, 0.717) is 0 Å². The zero-order valence-corrected chi connectivity index (χ0v) is 12.0. The minimum Gasteiger partial charge on any atom is -0.375 e. The average molecular weight is 279 g/mol. The van der Waals surface area contributed by atoms with Crippen LogP contribution in [0.3, 0.4) is 0 Å². The van der Waals surface area contributed by atoms with Crippen LogP contribution in [0.25, 0.3) is 0 Å². The number of carbonyl (C=O) groups excluding carboxylic acids is 1. The van der Waals surface area contributed by atoms with Gasteiger partial charge in [-0.2, -0.15) is 0 Å². The summed E-state index contributed by atoms with van der Waals surface area (Å²) in [5.41, 5.74) is 1.79. The van der Waals surface area contributed by atoms with Crippen molar-refractivity contribution in [1.82, 2.24) is 0 Å². The number of ether oxygens (including phenoxy) is 1. The Labute approximate surface area is 119 Å². The van der Waals surface area contributed by atoms with Crippen molar-refractivity contribution in [2.24, 2.45) is 5.92 Å². The van der Waals surface area contributed by atoms with Gasteiger partial charge >= 0.3 is 0 Å². The largest absolute Gasteiger partial charge is 0.375 e. The fourth-order valence-electron chi connectivity index (χ4n) is 3.20. The number of aryl methyl sites for hydroxylation is 1. The Morgan fingerprint density at radius 1 is 1.42 bits per heavy atom. The minimum absolute atomic E-state index is 0.0278. The van der Waals surface area contributed by atoms with E-state index in [1.54, 1.807) is 0 Å². The van der Waals surface area contributed by atoms with Crippen molar-refractivity contribution in [3.63, 3.8) is 0 Å². The lowest BCUT2D eigenvalue weighted by atomic mass is 9.70. The smallest absolute Gasteiger partial charge is 0.166 e. The van der Waals surface area contributed by atoms with Crippen LogP contribution in [0.4, 0.5) is 0 Å². The molecule has 1 aliphatic heterocycles. The van der Waals surface area contributed by atoms with E-state index in [2.05, 4.69) is 0 Å². The monoisotopic (exact) mass is 278 g/mol. The van der Waals surface area contributed by atoms with E-state index < -0.39 is 0 Å². The van der Waals surface area contributed by atoms with Crippen molar-refractivity contribution < 1.29 is 9.53 Å². The second-order valence-corrected chi connectivity index (χ2v) is 6.31. The molecule has 0 bridgehead atoms. The molecule has 3 heteroatoms. The molecule has 1 unspecified atom stereocenters. The van der Waals surface area contributed by atoms with E-state index in [1.165, 1.54) is 6.42 Å². The highest BCUT2D eigenvalue weighted by molar-refractivity contribution is 6.31. The lowest BCUT2D eigenvalue weighted by Gasteiger charge is -2.46. The van der Waals surface area contributed by atoms with Gasteiger partial charge < -0.3 is 4.74 Å². The Kier molecular flexibility index (Phi) is 3.40. The summed E-state index contributed by atoms with van der Waals surface area (Å²) in [5, 5.41) is 0.721. The molecule has 0 amide bonds. The third-order valence-electron chi connectivity index (χ3n) is 4.57. The van der Waals surface area contributed by atoms with Crippen molar-refractivity contribution in [3.8, 4) is 0 Å². The van der Waals surface area contributed by atoms with Crippen LogP contribution in [-0.2, 0) is 4.74 Å². The Morgan fingerprint density at radius 2 is 2.21 bits per heavy atom. The summed E-state index contributed by atoms with van der Waals surface area (Å²) in [4.78, 5) is 12.6. The quantitative estimate of drug-likeness (QED) is 0.759. The van der Waals surface area contributed by atoms with Crippen LogP contribution in [0.5, 0.6) is 0 Å². The van der Waals surface area contributed by atoms with Crippen molar-refractivity contribution >= 4 is 17.4 Å². The minimum atomic E-state index is 0.0278. The second-order valence-electron chi connectivity index (χ2n) is 5.90. The molecule has 1 saturated carbocycles. The third kappa shape index (κ3) is 2.44. The molecule has 102 valence electrons. The number of ketones is 1. The summed E-state index contributed by atoms with van der Waals surface area (Å²) in [6, 6.07) is 5.58. The van der Waals surface area contributed by atoms with Crippen LogP contribution in [0.15, 0.2) is 18.2 Å². The highest BCUT2D eigenvalue weighted by atomic mass is 35.5. The zero-order chi connectivity index (χ0) is 13.5. The van der Waals surface area contributed by atoms with Gasteiger partial charge in [0.25, 0.3) is 0 Å². The van der Waals surface area contributed by atoms with Gasteiger partial charge in [0.1, 0.15) is 0 Å². The molecule has 1 heterocycles. The lowest BCUT2D eigenvalue weighted by Crippen LogP contribution is -2.47. The van der Waals surface area contributed by atoms with E-state index in [-0.39, 0.29) is 17.3 Å². The van der Waals surface area contributed by atoms with Gasteiger partial charge in [0.2, 0.25) is 0 Å². The first-order chi connectivity index (χ1) is 9.10. The van der Waals surface area contributed by atoms with Gasteiger partial charge in [0.15, 0.2) is 5.78 Å². The Morgan fingerprint density at radius 3 is 2.84 bits per heavy atom. The maximum Gasteiger partial charge on any atom is 0.166 e. The van der Waals surface area contributed by atoms with Crippen LogP contribution in [-0.4, -0.2) is 18.0 Å². The first-order valence-corrected chi connectivity index (χ1v) is 7.42. The maximum atomic E-state index is 12.6. The van der Waals surface area contributed by atoms with E-state index in [1.807, 2.05) is 25.1 Å². The molecule has 19 heavy (non-hydrogen) atoms. The molecular formula is C16H19ClO2. The molecule has 0 radical (unpaired) electrons. The molecule has 1 saturated heterocycles. The molecule has 0 aromatic heterocycles. The molecule has 3 rings (SSSR count). The first-order valence-electron chi connectivity index (χ1n) is 7.04. The van der Waals surface area contributed by atoms with Gasteiger partial charge in [-0.25, -0.2) is 0 Å². The van der Waals surface area contributed by atoms with E-state index >= 15 is 0 Å². The SMILES string of the molecule is Cc1cc(C(=O)C2CCOC3(CCC3)C2)ccc1Cl. The normalized spacial score (nSPS) is 25.1. The first kappa shape index (κ1) is 13.1. The van der Waals surface area contributed by atoms with Gasteiger partial charge in [-0.3, -0.25) is 4.79 Å². The fourth-order valence-corrected chi connectivity index (χ4v) is 3.32. The van der Waals surface area contributed by atoms with Crippen molar-refractivity contribution in [2.75, 3.05) is 6.61 Å². The molecule has 2 fully saturated rings. The van der Waals surface area contributed by atoms with E-state index in [0.717, 1.165) is 48.4 Å². The second kappa shape index (κ2) is 4.92. The van der Waals surface area contributed by atoms with Crippen LogP contribution in [0.2, 0.25) is 5.02 Å². The molecule has 1 aliphatic carbocycles. The molecular weight excluding hydrogens is 260 g/mol. The number of hydrogen-bond acceptors (Lipinski definition) is 2. The van der Waals surface area contributed by atoms with Crippen LogP contribution >= 0.6 is 11.6 Å². The van der Waals surface area contributed by atoms with Gasteiger partial charge in [-0.15, -0.1) is 0 Å². The molecule has 1 atom stereocenters. The van der Waals surface area contributed by atoms with Gasteiger partial charge in [0.05, 0.1) is 5.60 Å². The Bertz CT molecular complexity index is 505. The third-order valence-corrected chi connectivity index (χ3v) is 5.00. The summed E-state index contributed by atoms with van der Waals surface area (Å²) in [7, 11) is 0. The van der Waals surface area contributed by atoms with E-state index in [9.17, 15) is 4.79 Å². The summed E-state index contributed by atoms with van der Waals surface area (Å²) in [6.45, 7) is 2.67. The summed E-state index contributed by atoms with van der Waals surface area (Å²) in [5.74, 6) is 0.379. The summed E-state index contributed by atoms with van der Waals surface area (Å²) in [6.07, 6.45) is 5.23. The number of benzene rings is 1. The van der Waals surface area contributed by atoms with E-state index in [4.69, 9.17) is 16.3 Å². The fraction of sp³-hybridized carbons (Fsp3) is 0.562. The van der Waals surface area contributed by atoms with Crippen LogP contribution < -0.4 is 0 Å². The number of Topliss-reactive ketones (excluding diaryl/α,β-unsaturated/α-hetero) is 1. The average Bonchev–Trinajstić information content (AvgIpc) is 2.39. The van der Waals surface area contributed by atoms with Crippen molar-refractivity contribution in [1.29, 1.82) is 0 Å². The number of carbonyl (C=O) groups is 1. The predicted molar refractivity (Wildman–Crippen MR) is 75.8 cm³/mol. The highest BCUT2D eigenvalue weighted by Gasteiger charge is 2.44. The summed E-state index contributed by atoms with van der Waals surface area (Å²) >= 11 is 6.02. The number of hydrogen-bond donors (Lipinski definition) is 0. The molecule has 1 aromatic rings. The van der Waals surface area contributed by atoms with Gasteiger partial charge in [-0.05, 0) is 62.8 Å². The molecule has 1 spiro atoms. The van der Waals surface area contributed by atoms with Gasteiger partial charge in [-0.1, -0.05) is 11.6 Å². The van der Waals surface area contributed by atoms with Gasteiger partial charge in [0, 0.05) is 23.1 Å². The standard InChI is InChI=1S/C16H19ClO2/c1-11-9-12(3-4-14(11)17)15(18)13-5-8-19-16(10-13)6-2-7-16/h3-4,9,13H,2,5-8,10H2,1H3. The van der Waals surface area contributed by atoms with Crippen LogP contribution in [0.1, 0.15) is 48.0 Å². The molecule has 2 aliphatic rings. The number of halogens is 1. The topological polar surface area (TPSA) is 26.3 Å². The zero-order valence-electron chi connectivity index (χ0n) is 11.2. The Hall–Kier alpha value is -0.860. The molecule has 1 aromatic carbocycles. The van der Waals surface area contributed by atoms with Crippen LogP contribution in [0, 0.1) is 12.8 Å². The highest BCUT2D eigenvalue weighted by Crippen LogP contribution is 2.44. The molecule has 0 N–H and O–H groups in total. The molecule has 2 nitrogen and oxygen atoms in total. The van der Waals surface area contributed by atoms with Crippen molar-refractivity contribution in [3.05, 3.63) is 34.3 Å². The maximum absolute atomic E-state index is 12.6. The van der Waals surface area contributed by atoms with Crippen molar-refractivity contribution in [2.45, 2.75) is 44.6 Å². The lowest BCUT2D eigenvalue weighted by molar-refractivity contribution is -0.137.